The number of hydrogen-bond acceptors (Lipinski definition) is 2. The molecule has 1 unspecified atom stereocenters. The number of benzene rings is 1. The van der Waals surface area contributed by atoms with E-state index in [-0.39, 0.29) is 11.6 Å². The molecular weight excluding hydrogens is 267 g/mol. The van der Waals surface area contributed by atoms with Gasteiger partial charge in [-0.15, -0.1) is 10.2 Å². The first-order valence-electron chi connectivity index (χ1n) is 6.59. The van der Waals surface area contributed by atoms with Gasteiger partial charge < -0.3 is 4.57 Å². The van der Waals surface area contributed by atoms with Crippen molar-refractivity contribution in [3.8, 4) is 11.4 Å². The zero-order chi connectivity index (χ0) is 14.3. The van der Waals surface area contributed by atoms with Crippen LogP contribution in [0.1, 0.15) is 37.2 Å². The normalized spacial score (nSPS) is 18.9. The molecule has 106 valence electrons. The lowest BCUT2D eigenvalue weighted by atomic mass is 10.0. The SMILES string of the molecule is CC1CCCc2nnc(-c3ccccc3C(F)(F)F)n21. The summed E-state index contributed by atoms with van der Waals surface area (Å²) >= 11 is 0. The average molecular weight is 281 g/mol. The topological polar surface area (TPSA) is 30.7 Å². The predicted octanol–water partition coefficient (Wildman–Crippen LogP) is 3.86. The van der Waals surface area contributed by atoms with Gasteiger partial charge >= 0.3 is 6.18 Å². The van der Waals surface area contributed by atoms with Crippen LogP contribution in [0.2, 0.25) is 0 Å². The molecule has 0 saturated heterocycles. The number of rotatable bonds is 1. The Morgan fingerprint density at radius 2 is 1.95 bits per heavy atom. The van der Waals surface area contributed by atoms with Crippen LogP contribution >= 0.6 is 0 Å². The maximum atomic E-state index is 13.1. The van der Waals surface area contributed by atoms with Crippen molar-refractivity contribution in [3.05, 3.63) is 35.7 Å². The molecule has 1 aromatic heterocycles. The van der Waals surface area contributed by atoms with Crippen molar-refractivity contribution in [1.29, 1.82) is 0 Å². The molecule has 2 heterocycles. The highest BCUT2D eigenvalue weighted by atomic mass is 19.4. The van der Waals surface area contributed by atoms with Crippen LogP contribution in [0.4, 0.5) is 13.2 Å². The number of aromatic nitrogens is 3. The first-order chi connectivity index (χ1) is 9.48. The molecule has 6 heteroatoms. The summed E-state index contributed by atoms with van der Waals surface area (Å²) in [6, 6.07) is 5.67. The largest absolute Gasteiger partial charge is 0.417 e. The second-order valence-corrected chi connectivity index (χ2v) is 5.09. The third-order valence-corrected chi connectivity index (χ3v) is 3.70. The van der Waals surface area contributed by atoms with Crippen molar-refractivity contribution in [2.45, 2.75) is 38.4 Å². The molecule has 1 aliphatic heterocycles. The van der Waals surface area contributed by atoms with E-state index in [1.54, 1.807) is 6.07 Å². The second-order valence-electron chi connectivity index (χ2n) is 5.09. The Morgan fingerprint density at radius 1 is 1.20 bits per heavy atom. The molecule has 0 amide bonds. The minimum absolute atomic E-state index is 0.104. The zero-order valence-electron chi connectivity index (χ0n) is 11.0. The summed E-state index contributed by atoms with van der Waals surface area (Å²) < 4.78 is 41.2. The lowest BCUT2D eigenvalue weighted by Crippen LogP contribution is -2.17. The van der Waals surface area contributed by atoms with Gasteiger partial charge in [0.2, 0.25) is 0 Å². The molecule has 3 nitrogen and oxygen atoms in total. The van der Waals surface area contributed by atoms with Crippen molar-refractivity contribution in [1.82, 2.24) is 14.8 Å². The van der Waals surface area contributed by atoms with Gasteiger partial charge in [0.05, 0.1) is 5.56 Å². The Kier molecular flexibility index (Phi) is 3.03. The van der Waals surface area contributed by atoms with Gasteiger partial charge in [0, 0.05) is 18.0 Å². The van der Waals surface area contributed by atoms with Crippen LogP contribution in [0.5, 0.6) is 0 Å². The van der Waals surface area contributed by atoms with E-state index in [4.69, 9.17) is 0 Å². The van der Waals surface area contributed by atoms with Crippen molar-refractivity contribution in [2.24, 2.45) is 0 Å². The van der Waals surface area contributed by atoms with E-state index in [1.165, 1.54) is 12.1 Å². The predicted molar refractivity (Wildman–Crippen MR) is 68.1 cm³/mol. The monoisotopic (exact) mass is 281 g/mol. The molecule has 2 aromatic rings. The molecule has 0 bridgehead atoms. The van der Waals surface area contributed by atoms with Crippen LogP contribution in [0.3, 0.4) is 0 Å². The summed E-state index contributed by atoms with van der Waals surface area (Å²) in [5, 5.41) is 8.06. The Balaban J connectivity index is 2.18. The fourth-order valence-electron chi connectivity index (χ4n) is 2.75. The Labute approximate surface area is 114 Å². The van der Waals surface area contributed by atoms with Crippen LogP contribution in [-0.2, 0) is 12.6 Å². The molecule has 1 aliphatic rings. The minimum Gasteiger partial charge on any atom is -0.308 e. The van der Waals surface area contributed by atoms with Crippen LogP contribution in [-0.4, -0.2) is 14.8 Å². The number of halogens is 3. The third kappa shape index (κ3) is 2.09. The van der Waals surface area contributed by atoms with Crippen molar-refractivity contribution < 1.29 is 13.2 Å². The fraction of sp³-hybridized carbons (Fsp3) is 0.429. The van der Waals surface area contributed by atoms with Gasteiger partial charge in [-0.2, -0.15) is 13.2 Å². The van der Waals surface area contributed by atoms with E-state index >= 15 is 0 Å². The quantitative estimate of drug-likeness (QED) is 0.794. The summed E-state index contributed by atoms with van der Waals surface area (Å²) in [6.45, 7) is 1.99. The Bertz CT molecular complexity index is 631. The number of fused-ring (bicyclic) bond motifs is 1. The van der Waals surface area contributed by atoms with Gasteiger partial charge in [0.1, 0.15) is 5.82 Å². The highest BCUT2D eigenvalue weighted by Crippen LogP contribution is 2.38. The number of nitrogens with zero attached hydrogens (tertiary/aromatic N) is 3. The van der Waals surface area contributed by atoms with E-state index in [2.05, 4.69) is 10.2 Å². The van der Waals surface area contributed by atoms with Gasteiger partial charge in [0.15, 0.2) is 5.82 Å². The number of aryl methyl sites for hydroxylation is 1. The van der Waals surface area contributed by atoms with Gasteiger partial charge in [-0.05, 0) is 25.8 Å². The van der Waals surface area contributed by atoms with Gasteiger partial charge in [-0.25, -0.2) is 0 Å². The first kappa shape index (κ1) is 13.1. The van der Waals surface area contributed by atoms with Crippen LogP contribution in [0.25, 0.3) is 11.4 Å². The molecule has 0 radical (unpaired) electrons. The van der Waals surface area contributed by atoms with Crippen molar-refractivity contribution in [2.75, 3.05) is 0 Å². The van der Waals surface area contributed by atoms with E-state index in [0.29, 0.717) is 5.82 Å². The molecule has 1 aromatic carbocycles. The fourth-order valence-corrected chi connectivity index (χ4v) is 2.75. The molecule has 1 atom stereocenters. The summed E-state index contributed by atoms with van der Waals surface area (Å²) in [6.07, 6.45) is -1.68. The van der Waals surface area contributed by atoms with Gasteiger partial charge in [-0.3, -0.25) is 0 Å². The Morgan fingerprint density at radius 3 is 2.70 bits per heavy atom. The summed E-state index contributed by atoms with van der Waals surface area (Å²) in [7, 11) is 0. The van der Waals surface area contributed by atoms with Crippen molar-refractivity contribution >= 4 is 0 Å². The highest BCUT2D eigenvalue weighted by molar-refractivity contribution is 5.61. The van der Waals surface area contributed by atoms with Crippen LogP contribution in [0.15, 0.2) is 24.3 Å². The van der Waals surface area contributed by atoms with Crippen molar-refractivity contribution in [3.63, 3.8) is 0 Å². The molecule has 3 rings (SSSR count). The van der Waals surface area contributed by atoms with E-state index in [0.717, 1.165) is 31.2 Å². The maximum Gasteiger partial charge on any atom is 0.417 e. The summed E-state index contributed by atoms with van der Waals surface area (Å²) in [4.78, 5) is 0. The third-order valence-electron chi connectivity index (χ3n) is 3.70. The minimum atomic E-state index is -4.39. The molecule has 0 saturated carbocycles. The summed E-state index contributed by atoms with van der Waals surface area (Å²) in [5.74, 6) is 1.09. The molecule has 20 heavy (non-hydrogen) atoms. The lowest BCUT2D eigenvalue weighted by Gasteiger charge is -2.23. The summed E-state index contributed by atoms with van der Waals surface area (Å²) in [5.41, 5.74) is -0.555. The van der Waals surface area contributed by atoms with Crippen LogP contribution in [0, 0.1) is 0 Å². The lowest BCUT2D eigenvalue weighted by molar-refractivity contribution is -0.137. The standard InChI is InChI=1S/C14H14F3N3/c1-9-5-4-8-12-18-19-13(20(9)12)10-6-2-3-7-11(10)14(15,16)17/h2-3,6-7,9H,4-5,8H2,1H3. The smallest absolute Gasteiger partial charge is 0.308 e. The second kappa shape index (κ2) is 4.61. The van der Waals surface area contributed by atoms with E-state index < -0.39 is 11.7 Å². The maximum absolute atomic E-state index is 13.1. The molecule has 0 N–H and O–H groups in total. The zero-order valence-corrected chi connectivity index (χ0v) is 11.0. The average Bonchev–Trinajstić information content (AvgIpc) is 2.83. The Hall–Kier alpha value is -1.85. The molecule has 0 aliphatic carbocycles. The number of hydrogen-bond donors (Lipinski definition) is 0. The molecule has 0 spiro atoms. The van der Waals surface area contributed by atoms with Gasteiger partial charge in [-0.1, -0.05) is 18.2 Å². The van der Waals surface area contributed by atoms with E-state index in [9.17, 15) is 13.2 Å². The first-order valence-corrected chi connectivity index (χ1v) is 6.59. The van der Waals surface area contributed by atoms with Crippen LogP contribution < -0.4 is 0 Å². The molecular formula is C14H14F3N3. The number of alkyl halides is 3. The highest BCUT2D eigenvalue weighted by Gasteiger charge is 2.35. The molecule has 0 fully saturated rings. The van der Waals surface area contributed by atoms with E-state index in [1.807, 2.05) is 11.5 Å². The van der Waals surface area contributed by atoms with Gasteiger partial charge in [0.25, 0.3) is 0 Å².